The maximum atomic E-state index is 11.3. The summed E-state index contributed by atoms with van der Waals surface area (Å²) in [6.07, 6.45) is 1.91. The van der Waals surface area contributed by atoms with Crippen LogP contribution in [0.25, 0.3) is 16.7 Å². The van der Waals surface area contributed by atoms with Crippen LogP contribution in [-0.2, 0) is 4.79 Å². The van der Waals surface area contributed by atoms with Crippen molar-refractivity contribution in [3.8, 4) is 0 Å². The van der Waals surface area contributed by atoms with Gasteiger partial charge in [0.2, 0.25) is 5.89 Å². The normalized spacial score (nSPS) is 11.4. The van der Waals surface area contributed by atoms with Gasteiger partial charge >= 0.3 is 0 Å². The smallest absolute Gasteiger partial charge is 0.292 e. The highest BCUT2D eigenvalue weighted by molar-refractivity contribution is 6.06. The number of aldehydes is 1. The number of anilines is 1. The number of para-hydroxylation sites is 4. The SMILES string of the molecule is O=CC(=CNc1ccccc1[N+](=O)[O-])c1nc2ccccc2o1. The number of nitro benzene ring substituents is 1. The summed E-state index contributed by atoms with van der Waals surface area (Å²) in [6.45, 7) is 0. The third-order valence-electron chi connectivity index (χ3n) is 3.15. The Morgan fingerprint density at radius 3 is 2.65 bits per heavy atom. The van der Waals surface area contributed by atoms with Crippen molar-refractivity contribution in [2.24, 2.45) is 0 Å². The molecule has 1 aromatic heterocycles. The Labute approximate surface area is 130 Å². The van der Waals surface area contributed by atoms with Gasteiger partial charge in [0.1, 0.15) is 11.2 Å². The second-order valence-electron chi connectivity index (χ2n) is 4.62. The summed E-state index contributed by atoms with van der Waals surface area (Å²) < 4.78 is 5.50. The van der Waals surface area contributed by atoms with Crippen LogP contribution in [0, 0.1) is 10.1 Å². The largest absolute Gasteiger partial charge is 0.436 e. The fraction of sp³-hybridized carbons (Fsp3) is 0. The van der Waals surface area contributed by atoms with E-state index in [2.05, 4.69) is 10.3 Å². The van der Waals surface area contributed by atoms with E-state index in [0.29, 0.717) is 17.4 Å². The number of hydrogen-bond acceptors (Lipinski definition) is 6. The minimum Gasteiger partial charge on any atom is -0.436 e. The van der Waals surface area contributed by atoms with E-state index in [9.17, 15) is 14.9 Å². The van der Waals surface area contributed by atoms with Gasteiger partial charge in [0.05, 0.1) is 10.5 Å². The van der Waals surface area contributed by atoms with Crippen LogP contribution in [0.1, 0.15) is 5.89 Å². The molecule has 23 heavy (non-hydrogen) atoms. The molecule has 0 saturated carbocycles. The topological polar surface area (TPSA) is 98.3 Å². The van der Waals surface area contributed by atoms with Crippen LogP contribution < -0.4 is 5.32 Å². The molecule has 0 aliphatic rings. The molecule has 3 rings (SSSR count). The summed E-state index contributed by atoms with van der Waals surface area (Å²) >= 11 is 0. The number of oxazole rings is 1. The molecule has 1 N–H and O–H groups in total. The van der Waals surface area contributed by atoms with Crippen molar-refractivity contribution in [1.29, 1.82) is 0 Å². The molecule has 0 bridgehead atoms. The number of benzene rings is 2. The zero-order chi connectivity index (χ0) is 16.2. The lowest BCUT2D eigenvalue weighted by atomic mass is 10.2. The molecule has 2 aromatic carbocycles. The van der Waals surface area contributed by atoms with Crippen molar-refractivity contribution in [2.45, 2.75) is 0 Å². The fourth-order valence-electron chi connectivity index (χ4n) is 2.05. The van der Waals surface area contributed by atoms with Crippen LogP contribution >= 0.6 is 0 Å². The molecule has 3 aromatic rings. The first-order valence-corrected chi connectivity index (χ1v) is 6.70. The quantitative estimate of drug-likeness (QED) is 0.336. The van der Waals surface area contributed by atoms with Gasteiger partial charge in [-0.3, -0.25) is 14.9 Å². The number of nitrogens with zero attached hydrogens (tertiary/aromatic N) is 2. The maximum Gasteiger partial charge on any atom is 0.292 e. The molecule has 1 heterocycles. The average Bonchev–Trinajstić information content (AvgIpc) is 2.99. The van der Waals surface area contributed by atoms with Gasteiger partial charge in [-0.2, -0.15) is 0 Å². The molecule has 0 unspecified atom stereocenters. The van der Waals surface area contributed by atoms with E-state index >= 15 is 0 Å². The third-order valence-corrected chi connectivity index (χ3v) is 3.15. The molecule has 114 valence electrons. The highest BCUT2D eigenvalue weighted by Gasteiger charge is 2.13. The summed E-state index contributed by atoms with van der Waals surface area (Å²) in [5, 5.41) is 13.7. The van der Waals surface area contributed by atoms with Gasteiger partial charge in [0.15, 0.2) is 11.9 Å². The number of fused-ring (bicyclic) bond motifs is 1. The standard InChI is InChI=1S/C16H11N3O4/c20-10-11(16-18-13-6-2-4-8-15(13)23-16)9-17-12-5-1-3-7-14(12)19(21)22/h1-10,17H. The summed E-state index contributed by atoms with van der Waals surface area (Å²) in [4.78, 5) is 26.0. The summed E-state index contributed by atoms with van der Waals surface area (Å²) in [7, 11) is 0. The third kappa shape index (κ3) is 2.93. The van der Waals surface area contributed by atoms with E-state index in [0.717, 1.165) is 0 Å². The minimum atomic E-state index is -0.504. The molecule has 0 amide bonds. The molecular formula is C16H11N3O4. The van der Waals surface area contributed by atoms with Crippen molar-refractivity contribution in [3.05, 3.63) is 70.7 Å². The van der Waals surface area contributed by atoms with Crippen LogP contribution in [0.3, 0.4) is 0 Å². The lowest BCUT2D eigenvalue weighted by Gasteiger charge is -2.02. The molecular weight excluding hydrogens is 298 g/mol. The molecule has 0 spiro atoms. The molecule has 0 atom stereocenters. The van der Waals surface area contributed by atoms with E-state index in [1.807, 2.05) is 6.07 Å². The van der Waals surface area contributed by atoms with Crippen molar-refractivity contribution in [3.63, 3.8) is 0 Å². The van der Waals surface area contributed by atoms with Crippen molar-refractivity contribution in [1.82, 2.24) is 4.98 Å². The maximum absolute atomic E-state index is 11.3. The molecule has 7 nitrogen and oxygen atoms in total. The molecule has 7 heteroatoms. The molecule has 0 fully saturated rings. The first-order valence-electron chi connectivity index (χ1n) is 6.70. The van der Waals surface area contributed by atoms with Gasteiger partial charge in [0, 0.05) is 12.3 Å². The Bertz CT molecular complexity index is 881. The van der Waals surface area contributed by atoms with E-state index in [1.165, 1.54) is 12.3 Å². The second-order valence-corrected chi connectivity index (χ2v) is 4.62. The van der Waals surface area contributed by atoms with Crippen LogP contribution in [0.2, 0.25) is 0 Å². The Balaban J connectivity index is 1.93. The first kappa shape index (κ1) is 14.5. The summed E-state index contributed by atoms with van der Waals surface area (Å²) in [5.41, 5.74) is 1.51. The zero-order valence-corrected chi connectivity index (χ0v) is 11.8. The highest BCUT2D eigenvalue weighted by Crippen LogP contribution is 2.24. The van der Waals surface area contributed by atoms with Gasteiger partial charge in [-0.1, -0.05) is 24.3 Å². The predicted molar refractivity (Wildman–Crippen MR) is 84.8 cm³/mol. The summed E-state index contributed by atoms with van der Waals surface area (Å²) in [6, 6.07) is 13.2. The number of carbonyl (C=O) groups is 1. The lowest BCUT2D eigenvalue weighted by molar-refractivity contribution is -0.383. The predicted octanol–water partition coefficient (Wildman–Crippen LogP) is 3.39. The Hall–Kier alpha value is -3.48. The van der Waals surface area contributed by atoms with Crippen LogP contribution in [-0.4, -0.2) is 16.2 Å². The van der Waals surface area contributed by atoms with Gasteiger partial charge in [-0.25, -0.2) is 4.98 Å². The Kier molecular flexibility index (Phi) is 3.84. The van der Waals surface area contributed by atoms with Crippen LogP contribution in [0.4, 0.5) is 11.4 Å². The van der Waals surface area contributed by atoms with Gasteiger partial charge in [-0.15, -0.1) is 0 Å². The number of nitrogens with one attached hydrogen (secondary N) is 1. The van der Waals surface area contributed by atoms with Crippen molar-refractivity contribution in [2.75, 3.05) is 5.32 Å². The number of aromatic nitrogens is 1. The van der Waals surface area contributed by atoms with E-state index in [1.54, 1.807) is 36.4 Å². The number of carbonyl (C=O) groups excluding carboxylic acids is 1. The molecule has 0 aliphatic carbocycles. The monoisotopic (exact) mass is 309 g/mol. The highest BCUT2D eigenvalue weighted by atomic mass is 16.6. The summed E-state index contributed by atoms with van der Waals surface area (Å²) in [5.74, 6) is 0.146. The zero-order valence-electron chi connectivity index (χ0n) is 11.8. The fourth-order valence-corrected chi connectivity index (χ4v) is 2.05. The van der Waals surface area contributed by atoms with E-state index < -0.39 is 4.92 Å². The van der Waals surface area contributed by atoms with Crippen LogP contribution in [0.5, 0.6) is 0 Å². The number of rotatable bonds is 5. The molecule has 0 radical (unpaired) electrons. The Morgan fingerprint density at radius 1 is 1.17 bits per heavy atom. The first-order chi connectivity index (χ1) is 11.2. The minimum absolute atomic E-state index is 0.0911. The number of allylic oxidation sites excluding steroid dienone is 1. The van der Waals surface area contributed by atoms with E-state index in [-0.39, 0.29) is 22.8 Å². The second kappa shape index (κ2) is 6.10. The number of nitro groups is 1. The lowest BCUT2D eigenvalue weighted by Crippen LogP contribution is -1.97. The molecule has 0 saturated heterocycles. The molecule has 0 aliphatic heterocycles. The van der Waals surface area contributed by atoms with Crippen molar-refractivity contribution >= 4 is 34.3 Å². The average molecular weight is 309 g/mol. The van der Waals surface area contributed by atoms with E-state index in [4.69, 9.17) is 4.42 Å². The van der Waals surface area contributed by atoms with Crippen LogP contribution in [0.15, 0.2) is 59.1 Å². The van der Waals surface area contributed by atoms with Crippen molar-refractivity contribution < 1.29 is 14.1 Å². The van der Waals surface area contributed by atoms with Gasteiger partial charge in [0.25, 0.3) is 5.69 Å². The number of hydrogen-bond donors (Lipinski definition) is 1. The van der Waals surface area contributed by atoms with Gasteiger partial charge in [-0.05, 0) is 18.2 Å². The van der Waals surface area contributed by atoms with Gasteiger partial charge < -0.3 is 9.73 Å². The Morgan fingerprint density at radius 2 is 1.91 bits per heavy atom.